The molecule has 1 atom stereocenters. The predicted molar refractivity (Wildman–Crippen MR) is 95.1 cm³/mol. The number of aromatic amines is 1. The lowest BCUT2D eigenvalue weighted by atomic mass is 10.0. The smallest absolute Gasteiger partial charge is 0.346 e. The van der Waals surface area contributed by atoms with Gasteiger partial charge in [-0.15, -0.1) is 11.3 Å². The Morgan fingerprint density at radius 3 is 2.88 bits per heavy atom. The number of hydrogen-bond acceptors (Lipinski definition) is 6. The maximum absolute atomic E-state index is 12.3. The molecule has 0 saturated heterocycles. The van der Waals surface area contributed by atoms with Crippen LogP contribution < -0.4 is 11.0 Å². The van der Waals surface area contributed by atoms with E-state index in [1.165, 1.54) is 0 Å². The molecule has 0 saturated carbocycles. The van der Waals surface area contributed by atoms with E-state index in [0.717, 1.165) is 16.6 Å². The van der Waals surface area contributed by atoms with Gasteiger partial charge in [0.15, 0.2) is 0 Å². The van der Waals surface area contributed by atoms with Crippen molar-refractivity contribution in [3.05, 3.63) is 44.1 Å². The molecule has 0 radical (unpaired) electrons. The Bertz CT molecular complexity index is 806. The van der Waals surface area contributed by atoms with Crippen LogP contribution in [-0.4, -0.2) is 21.6 Å². The normalized spacial score (nSPS) is 12.0. The number of hydrogen-bond donors (Lipinski definition) is 2. The summed E-state index contributed by atoms with van der Waals surface area (Å²) in [5.41, 5.74) is 0.234. The minimum atomic E-state index is -0.520. The summed E-state index contributed by atoms with van der Waals surface area (Å²) < 4.78 is 0. The number of nitrogens with one attached hydrogen (secondary N) is 2. The first-order valence-electron chi connectivity index (χ1n) is 7.39. The zero-order chi connectivity index (χ0) is 17.7. The van der Waals surface area contributed by atoms with Crippen LogP contribution in [0.15, 0.2) is 27.3 Å². The Balaban J connectivity index is 2.06. The van der Waals surface area contributed by atoms with E-state index in [1.54, 1.807) is 18.3 Å². The van der Waals surface area contributed by atoms with Gasteiger partial charge in [-0.3, -0.25) is 4.79 Å². The van der Waals surface area contributed by atoms with Gasteiger partial charge in [0.05, 0.1) is 11.8 Å². The van der Waals surface area contributed by atoms with Gasteiger partial charge in [0.2, 0.25) is 5.91 Å². The fraction of sp³-hybridized carbons (Fsp3) is 0.375. The van der Waals surface area contributed by atoms with Crippen molar-refractivity contribution < 1.29 is 4.79 Å². The third-order valence-electron chi connectivity index (χ3n) is 3.37. The lowest BCUT2D eigenvalue weighted by Crippen LogP contribution is -2.32. The molecule has 2 aromatic heterocycles. The second kappa shape index (κ2) is 8.13. The Morgan fingerprint density at radius 1 is 1.54 bits per heavy atom. The molecular weight excluding hydrogens is 344 g/mol. The largest absolute Gasteiger partial charge is 0.347 e. The molecule has 126 valence electrons. The molecule has 0 spiro atoms. The number of carbonyl (C=O) groups is 1. The van der Waals surface area contributed by atoms with Crippen LogP contribution in [0.2, 0.25) is 0 Å². The van der Waals surface area contributed by atoms with Crippen LogP contribution in [0.5, 0.6) is 0 Å². The average Bonchev–Trinajstić information content (AvgIpc) is 3.03. The summed E-state index contributed by atoms with van der Waals surface area (Å²) in [6.07, 6.45) is 0. The van der Waals surface area contributed by atoms with Crippen LogP contribution in [0, 0.1) is 24.2 Å². The van der Waals surface area contributed by atoms with Crippen molar-refractivity contribution in [1.29, 1.82) is 5.26 Å². The summed E-state index contributed by atoms with van der Waals surface area (Å²) in [5, 5.41) is 14.4. The topological polar surface area (TPSA) is 98.6 Å². The molecule has 2 N–H and O–H groups in total. The maximum Gasteiger partial charge on any atom is 0.346 e. The van der Waals surface area contributed by atoms with Gasteiger partial charge in [-0.2, -0.15) is 10.2 Å². The molecule has 0 aromatic carbocycles. The van der Waals surface area contributed by atoms with Crippen LogP contribution in [0.3, 0.4) is 0 Å². The zero-order valence-corrected chi connectivity index (χ0v) is 15.3. The van der Waals surface area contributed by atoms with Gasteiger partial charge >= 0.3 is 5.69 Å². The molecule has 2 rings (SSSR count). The first kappa shape index (κ1) is 18.2. The van der Waals surface area contributed by atoms with Gasteiger partial charge in [0.25, 0.3) is 0 Å². The number of amides is 1. The zero-order valence-electron chi connectivity index (χ0n) is 13.6. The van der Waals surface area contributed by atoms with Crippen LogP contribution in [0.4, 0.5) is 0 Å². The number of nitrogens with zero attached hydrogens (tertiary/aromatic N) is 2. The van der Waals surface area contributed by atoms with E-state index < -0.39 is 5.69 Å². The standard InChI is InChI=1S/C16H18N4O2S2/c1-9(2)14(12-5-4-6-23-12)19-13(21)8-24-15-11(7-17)10(3)18-16(22)20-15/h4-6,9,14H,8H2,1-3H3,(H,19,21)(H,18,20,22)/t14-/m0/s1. The van der Waals surface area contributed by atoms with Crippen molar-refractivity contribution >= 4 is 29.0 Å². The number of H-pyrrole nitrogens is 1. The minimum Gasteiger partial charge on any atom is -0.347 e. The molecule has 0 aliphatic rings. The van der Waals surface area contributed by atoms with E-state index in [2.05, 4.69) is 15.3 Å². The first-order chi connectivity index (χ1) is 11.4. The molecule has 2 aromatic rings. The van der Waals surface area contributed by atoms with Crippen molar-refractivity contribution in [1.82, 2.24) is 15.3 Å². The SMILES string of the molecule is Cc1[nH]c(=O)nc(SCC(=O)N[C@H](c2cccs2)C(C)C)c1C#N. The number of aryl methyl sites for hydroxylation is 1. The fourth-order valence-corrected chi connectivity index (χ4v) is 3.97. The molecule has 0 aliphatic heterocycles. The summed E-state index contributed by atoms with van der Waals surface area (Å²) in [7, 11) is 0. The molecule has 0 unspecified atom stereocenters. The highest BCUT2D eigenvalue weighted by atomic mass is 32.2. The molecule has 8 heteroatoms. The molecular formula is C16H18N4O2S2. The number of thiophene rings is 1. The number of aromatic nitrogens is 2. The molecule has 24 heavy (non-hydrogen) atoms. The summed E-state index contributed by atoms with van der Waals surface area (Å²) in [6.45, 7) is 5.73. The fourth-order valence-electron chi connectivity index (χ4n) is 2.18. The summed E-state index contributed by atoms with van der Waals surface area (Å²) in [6, 6.07) is 5.91. The van der Waals surface area contributed by atoms with Gasteiger partial charge in [-0.1, -0.05) is 31.7 Å². The predicted octanol–water partition coefficient (Wildman–Crippen LogP) is 2.62. The average molecular weight is 362 g/mol. The number of carbonyl (C=O) groups excluding carboxylic acids is 1. The van der Waals surface area contributed by atoms with Gasteiger partial charge < -0.3 is 10.3 Å². The molecule has 0 aliphatic carbocycles. The van der Waals surface area contributed by atoms with Crippen LogP contribution in [0.1, 0.15) is 36.0 Å². The van der Waals surface area contributed by atoms with Gasteiger partial charge in [-0.25, -0.2) is 4.79 Å². The van der Waals surface area contributed by atoms with E-state index in [-0.39, 0.29) is 28.6 Å². The van der Waals surface area contributed by atoms with E-state index in [1.807, 2.05) is 37.4 Å². The first-order valence-corrected chi connectivity index (χ1v) is 9.25. The Labute approximate surface area is 148 Å². The Hall–Kier alpha value is -2.11. The van der Waals surface area contributed by atoms with Gasteiger partial charge in [0.1, 0.15) is 16.7 Å². The maximum atomic E-state index is 12.3. The molecule has 0 fully saturated rings. The molecule has 2 heterocycles. The monoisotopic (exact) mass is 362 g/mol. The second-order valence-electron chi connectivity index (χ2n) is 5.55. The van der Waals surface area contributed by atoms with E-state index in [0.29, 0.717) is 11.3 Å². The lowest BCUT2D eigenvalue weighted by molar-refractivity contribution is -0.119. The highest BCUT2D eigenvalue weighted by molar-refractivity contribution is 8.00. The van der Waals surface area contributed by atoms with Crippen molar-refractivity contribution in [2.75, 3.05) is 5.75 Å². The number of nitriles is 1. The van der Waals surface area contributed by atoms with E-state index >= 15 is 0 Å². The minimum absolute atomic E-state index is 0.0533. The van der Waals surface area contributed by atoms with Crippen LogP contribution >= 0.6 is 23.1 Å². The van der Waals surface area contributed by atoms with Crippen molar-refractivity contribution in [2.45, 2.75) is 31.8 Å². The summed E-state index contributed by atoms with van der Waals surface area (Å²) in [5.74, 6) is 0.196. The van der Waals surface area contributed by atoms with Crippen molar-refractivity contribution in [3.63, 3.8) is 0 Å². The molecule has 6 nitrogen and oxygen atoms in total. The van der Waals surface area contributed by atoms with Crippen LogP contribution in [-0.2, 0) is 4.79 Å². The van der Waals surface area contributed by atoms with Crippen molar-refractivity contribution in [2.24, 2.45) is 5.92 Å². The highest BCUT2D eigenvalue weighted by Crippen LogP contribution is 2.26. The second-order valence-corrected chi connectivity index (χ2v) is 7.50. The molecule has 1 amide bonds. The number of thioether (sulfide) groups is 1. The van der Waals surface area contributed by atoms with Crippen molar-refractivity contribution in [3.8, 4) is 6.07 Å². The summed E-state index contributed by atoms with van der Waals surface area (Å²) in [4.78, 5) is 31.1. The lowest BCUT2D eigenvalue weighted by Gasteiger charge is -2.21. The Kier molecular flexibility index (Phi) is 6.17. The van der Waals surface area contributed by atoms with Gasteiger partial charge in [-0.05, 0) is 24.3 Å². The van der Waals surface area contributed by atoms with Gasteiger partial charge in [0, 0.05) is 10.6 Å². The van der Waals surface area contributed by atoms with E-state index in [4.69, 9.17) is 0 Å². The quantitative estimate of drug-likeness (QED) is 0.608. The third-order valence-corrected chi connectivity index (χ3v) is 5.30. The molecule has 0 bridgehead atoms. The van der Waals surface area contributed by atoms with E-state index in [9.17, 15) is 14.9 Å². The van der Waals surface area contributed by atoms with Crippen LogP contribution in [0.25, 0.3) is 0 Å². The number of rotatable bonds is 6. The Morgan fingerprint density at radius 2 is 2.29 bits per heavy atom. The summed E-state index contributed by atoms with van der Waals surface area (Å²) >= 11 is 2.70. The third kappa shape index (κ3) is 4.46. The highest BCUT2D eigenvalue weighted by Gasteiger charge is 2.20.